The molecule has 5 N–H and O–H groups in total. The van der Waals surface area contributed by atoms with Crippen LogP contribution >= 0.6 is 0 Å². The number of aliphatic hydroxyl groups excluding tert-OH is 3. The summed E-state index contributed by atoms with van der Waals surface area (Å²) in [7, 11) is 0. The second-order valence-electron chi connectivity index (χ2n) is 8.44. The Bertz CT molecular complexity index is 1220. The summed E-state index contributed by atoms with van der Waals surface area (Å²) < 4.78 is 8.58. The number of nitrogens with zero attached hydrogens (tertiary/aromatic N) is 6. The molecule has 0 bridgehead atoms. The van der Waals surface area contributed by atoms with E-state index in [4.69, 9.17) is 9.84 Å². The number of hydrogen-bond acceptors (Lipinski definition) is 10. The normalized spacial score (nSPS) is 25.6. The van der Waals surface area contributed by atoms with E-state index >= 15 is 0 Å². The van der Waals surface area contributed by atoms with Crippen molar-refractivity contribution in [3.8, 4) is 5.95 Å². The molecule has 1 saturated heterocycles. The Hall–Kier alpha value is -3.39. The minimum Gasteiger partial charge on any atom is -0.478 e. The molecule has 2 aliphatic rings. The molecule has 3 aromatic rings. The second kappa shape index (κ2) is 9.10. The fourth-order valence-electron chi connectivity index (χ4n) is 4.37. The Morgan fingerprint density at radius 3 is 2.74 bits per heavy atom. The van der Waals surface area contributed by atoms with Crippen LogP contribution in [0.4, 0.5) is 5.82 Å². The number of carbonyl (C=O) groups is 1. The van der Waals surface area contributed by atoms with E-state index in [9.17, 15) is 20.1 Å². The molecular formula is C21H25N7O6. The molecule has 5 rings (SSSR count). The van der Waals surface area contributed by atoms with Crippen LogP contribution in [0.3, 0.4) is 0 Å². The monoisotopic (exact) mass is 471 g/mol. The first-order chi connectivity index (χ1) is 16.4. The van der Waals surface area contributed by atoms with Gasteiger partial charge in [-0.15, -0.1) is 0 Å². The predicted octanol–water partition coefficient (Wildman–Crippen LogP) is 0.0758. The van der Waals surface area contributed by atoms with Crippen LogP contribution in [0.25, 0.3) is 23.2 Å². The standard InChI is InChI=1S/C21H25N7O6/c29-9-13-16(32)17(33)20(34-13)27-10-22-15-18(24-12-3-1-2-4-12)25-21(26-19(15)27)28-8-11(7-23-28)5-6-14(30)31/h5-8,10,12-13,16-17,20,29,32-33H,1-4,9H2,(H,30,31)(H,24,25,26)/b6-5+/t13-,16-,17+,20-/m1/s1. The Morgan fingerprint density at radius 1 is 1.24 bits per heavy atom. The number of carboxylic acids is 1. The minimum atomic E-state index is -1.29. The van der Waals surface area contributed by atoms with Gasteiger partial charge in [-0.3, -0.25) is 4.57 Å². The number of aliphatic hydroxyl groups is 3. The molecule has 2 fully saturated rings. The summed E-state index contributed by atoms with van der Waals surface area (Å²) in [4.78, 5) is 24.4. The van der Waals surface area contributed by atoms with E-state index in [0.29, 0.717) is 22.5 Å². The number of fused-ring (bicyclic) bond motifs is 1. The second-order valence-corrected chi connectivity index (χ2v) is 8.44. The van der Waals surface area contributed by atoms with Crippen molar-refractivity contribution in [1.29, 1.82) is 0 Å². The largest absolute Gasteiger partial charge is 0.478 e. The maximum atomic E-state index is 10.8. The van der Waals surface area contributed by atoms with Crippen LogP contribution < -0.4 is 5.32 Å². The molecule has 1 aliphatic heterocycles. The van der Waals surface area contributed by atoms with Gasteiger partial charge in [-0.2, -0.15) is 15.1 Å². The number of nitrogens with one attached hydrogen (secondary N) is 1. The van der Waals surface area contributed by atoms with Gasteiger partial charge in [-0.25, -0.2) is 14.5 Å². The van der Waals surface area contributed by atoms with Gasteiger partial charge in [0, 0.05) is 23.9 Å². The molecule has 4 atom stereocenters. The van der Waals surface area contributed by atoms with Crippen molar-refractivity contribution >= 4 is 29.0 Å². The zero-order valence-electron chi connectivity index (χ0n) is 18.1. The van der Waals surface area contributed by atoms with Crippen LogP contribution in [0.2, 0.25) is 0 Å². The van der Waals surface area contributed by atoms with Gasteiger partial charge in [0.05, 0.1) is 19.1 Å². The maximum absolute atomic E-state index is 10.8. The molecule has 34 heavy (non-hydrogen) atoms. The van der Waals surface area contributed by atoms with E-state index in [-0.39, 0.29) is 12.0 Å². The Morgan fingerprint density at radius 2 is 2.03 bits per heavy atom. The molecule has 1 saturated carbocycles. The lowest BCUT2D eigenvalue weighted by molar-refractivity contribution is -0.131. The molecular weight excluding hydrogens is 446 g/mol. The maximum Gasteiger partial charge on any atom is 0.328 e. The molecule has 4 heterocycles. The Labute approximate surface area is 193 Å². The van der Waals surface area contributed by atoms with E-state index in [1.165, 1.54) is 27.8 Å². The zero-order chi connectivity index (χ0) is 23.8. The average Bonchev–Trinajstić information content (AvgIpc) is 3.61. The molecule has 0 amide bonds. The number of hydrogen-bond donors (Lipinski definition) is 5. The van der Waals surface area contributed by atoms with Crippen molar-refractivity contribution in [2.75, 3.05) is 11.9 Å². The van der Waals surface area contributed by atoms with E-state index < -0.39 is 37.1 Å². The van der Waals surface area contributed by atoms with Crippen LogP contribution in [0.5, 0.6) is 0 Å². The first-order valence-electron chi connectivity index (χ1n) is 11.0. The molecule has 0 unspecified atom stereocenters. The van der Waals surface area contributed by atoms with Crippen molar-refractivity contribution in [3.05, 3.63) is 30.4 Å². The molecule has 13 nitrogen and oxygen atoms in total. The summed E-state index contributed by atoms with van der Waals surface area (Å²) in [5.74, 6) is -0.372. The minimum absolute atomic E-state index is 0.205. The van der Waals surface area contributed by atoms with Gasteiger partial charge in [-0.05, 0) is 18.9 Å². The number of anilines is 1. The van der Waals surface area contributed by atoms with E-state index in [1.807, 2.05) is 0 Å². The zero-order valence-corrected chi connectivity index (χ0v) is 18.1. The van der Waals surface area contributed by atoms with Crippen LogP contribution in [0, 0.1) is 0 Å². The molecule has 1 aliphatic carbocycles. The highest BCUT2D eigenvalue weighted by Gasteiger charge is 2.44. The SMILES string of the molecule is O=C(O)/C=C/c1cnn(-c2nc(NC3CCCC3)c3ncn([C@@H]4O[C@H](CO)[C@@H](O)[C@@H]4O)c3n2)c1. The van der Waals surface area contributed by atoms with Crippen molar-refractivity contribution in [2.45, 2.75) is 56.3 Å². The first-order valence-corrected chi connectivity index (χ1v) is 11.0. The molecule has 3 aromatic heterocycles. The highest BCUT2D eigenvalue weighted by Crippen LogP contribution is 2.33. The van der Waals surface area contributed by atoms with Gasteiger partial charge >= 0.3 is 5.97 Å². The van der Waals surface area contributed by atoms with Crippen LogP contribution in [-0.4, -0.2) is 86.7 Å². The van der Waals surface area contributed by atoms with Crippen molar-refractivity contribution in [1.82, 2.24) is 29.3 Å². The summed E-state index contributed by atoms with van der Waals surface area (Å²) in [6.45, 7) is -0.448. The average molecular weight is 471 g/mol. The lowest BCUT2D eigenvalue weighted by Gasteiger charge is -2.18. The van der Waals surface area contributed by atoms with Gasteiger partial charge < -0.3 is 30.5 Å². The number of aliphatic carboxylic acids is 1. The fraction of sp³-hybridized carbons (Fsp3) is 0.476. The summed E-state index contributed by atoms with van der Waals surface area (Å²) in [5.41, 5.74) is 1.36. The van der Waals surface area contributed by atoms with Gasteiger partial charge in [0.15, 0.2) is 23.2 Å². The number of rotatable bonds is 7. The lowest BCUT2D eigenvalue weighted by Crippen LogP contribution is -2.33. The summed E-state index contributed by atoms with van der Waals surface area (Å²) in [6.07, 6.45) is 6.68. The third-order valence-corrected chi connectivity index (χ3v) is 6.12. The number of carboxylic acid groups (broad SMARTS) is 1. The van der Waals surface area contributed by atoms with Gasteiger partial charge in [0.2, 0.25) is 0 Å². The summed E-state index contributed by atoms with van der Waals surface area (Å²) in [6, 6.07) is 0.233. The third-order valence-electron chi connectivity index (χ3n) is 6.12. The highest BCUT2D eigenvalue weighted by molar-refractivity contribution is 5.85. The number of aromatic nitrogens is 6. The van der Waals surface area contributed by atoms with Gasteiger partial charge in [0.1, 0.15) is 18.3 Å². The third kappa shape index (κ3) is 4.14. The molecule has 0 aromatic carbocycles. The van der Waals surface area contributed by atoms with Crippen molar-refractivity contribution in [2.24, 2.45) is 0 Å². The molecule has 13 heteroatoms. The Balaban J connectivity index is 1.57. The molecule has 0 radical (unpaired) electrons. The summed E-state index contributed by atoms with van der Waals surface area (Å²) >= 11 is 0. The number of ether oxygens (including phenoxy) is 1. The molecule has 180 valence electrons. The summed E-state index contributed by atoms with van der Waals surface area (Å²) in [5, 5.41) is 46.7. The predicted molar refractivity (Wildman–Crippen MR) is 118 cm³/mol. The van der Waals surface area contributed by atoms with Crippen molar-refractivity contribution in [3.63, 3.8) is 0 Å². The van der Waals surface area contributed by atoms with Crippen molar-refractivity contribution < 1.29 is 30.0 Å². The molecule has 0 spiro atoms. The Kier molecular flexibility index (Phi) is 6.00. The highest BCUT2D eigenvalue weighted by atomic mass is 16.6. The van der Waals surface area contributed by atoms with Crippen LogP contribution in [-0.2, 0) is 9.53 Å². The van der Waals surface area contributed by atoms with Gasteiger partial charge in [-0.1, -0.05) is 12.8 Å². The van der Waals surface area contributed by atoms with Crippen LogP contribution in [0.15, 0.2) is 24.8 Å². The smallest absolute Gasteiger partial charge is 0.328 e. The topological polar surface area (TPSA) is 181 Å². The van der Waals surface area contributed by atoms with E-state index in [0.717, 1.165) is 31.8 Å². The van der Waals surface area contributed by atoms with Gasteiger partial charge in [0.25, 0.3) is 5.95 Å². The fourth-order valence-corrected chi connectivity index (χ4v) is 4.37. The van der Waals surface area contributed by atoms with E-state index in [1.54, 1.807) is 6.20 Å². The van der Waals surface area contributed by atoms with Crippen LogP contribution in [0.1, 0.15) is 37.5 Å². The lowest BCUT2D eigenvalue weighted by atomic mass is 10.1. The quantitative estimate of drug-likeness (QED) is 0.294. The van der Waals surface area contributed by atoms with E-state index in [2.05, 4.69) is 25.4 Å². The first kappa shape index (κ1) is 22.4. The number of imidazole rings is 1.